The minimum Gasteiger partial charge on any atom is -0.465 e. The number of halogens is 2. The van der Waals surface area contributed by atoms with Crippen molar-refractivity contribution in [2.75, 3.05) is 12.4 Å². The predicted octanol–water partition coefficient (Wildman–Crippen LogP) is 3.22. The number of aromatic nitrogens is 3. The number of ether oxygens (including phenoxy) is 2. The fraction of sp³-hybridized carbons (Fsp3) is 0.400. The van der Waals surface area contributed by atoms with E-state index in [-0.39, 0.29) is 17.5 Å². The molecule has 130 valence electrons. The Morgan fingerprint density at radius 1 is 1.25 bits per heavy atom. The molecule has 0 atom stereocenters. The quantitative estimate of drug-likeness (QED) is 0.534. The van der Waals surface area contributed by atoms with E-state index in [9.17, 15) is 13.6 Å². The lowest BCUT2D eigenvalue weighted by atomic mass is 10.2. The van der Waals surface area contributed by atoms with Crippen LogP contribution in [-0.4, -0.2) is 39.7 Å². The van der Waals surface area contributed by atoms with Gasteiger partial charge in [0.1, 0.15) is 5.75 Å². The normalized spacial score (nSPS) is 10.9. The lowest BCUT2D eigenvalue weighted by Crippen LogP contribution is -2.08. The van der Waals surface area contributed by atoms with Crippen molar-refractivity contribution in [1.29, 1.82) is 0 Å². The largest absolute Gasteiger partial charge is 0.465 e. The summed E-state index contributed by atoms with van der Waals surface area (Å²) in [6, 6.07) is 6.16. The topological polar surface area (TPSA) is 66.2 Å². The third-order valence-electron chi connectivity index (χ3n) is 3.00. The molecule has 0 spiro atoms. The summed E-state index contributed by atoms with van der Waals surface area (Å²) in [5, 5.41) is 8.80. The summed E-state index contributed by atoms with van der Waals surface area (Å²) < 4.78 is 35.4. The minimum absolute atomic E-state index is 0.0771. The van der Waals surface area contributed by atoms with Crippen molar-refractivity contribution >= 4 is 17.7 Å². The molecule has 2 aromatic rings. The molecular weight excluding hydrogens is 340 g/mol. The Morgan fingerprint density at radius 3 is 2.54 bits per heavy atom. The molecule has 0 amide bonds. The molecule has 0 bridgehead atoms. The Hall–Kier alpha value is -2.16. The van der Waals surface area contributed by atoms with Crippen molar-refractivity contribution in [3.05, 3.63) is 24.3 Å². The molecule has 0 saturated heterocycles. The van der Waals surface area contributed by atoms with Crippen LogP contribution in [0.25, 0.3) is 11.4 Å². The molecule has 0 aliphatic rings. The lowest BCUT2D eigenvalue weighted by molar-refractivity contribution is -0.139. The Kier molecular flexibility index (Phi) is 6.53. The first-order valence-electron chi connectivity index (χ1n) is 7.32. The summed E-state index contributed by atoms with van der Waals surface area (Å²) in [5.41, 5.74) is 0.717. The summed E-state index contributed by atoms with van der Waals surface area (Å²) >= 11 is 1.24. The highest BCUT2D eigenvalue weighted by atomic mass is 32.2. The second kappa shape index (κ2) is 8.62. The van der Waals surface area contributed by atoms with Crippen molar-refractivity contribution in [3.8, 4) is 17.1 Å². The molecule has 24 heavy (non-hydrogen) atoms. The number of hydrogen-bond donors (Lipinski definition) is 0. The van der Waals surface area contributed by atoms with Gasteiger partial charge >= 0.3 is 12.6 Å². The first-order chi connectivity index (χ1) is 11.5. The number of carbonyl (C=O) groups excluding carboxylic acids is 1. The summed E-state index contributed by atoms with van der Waals surface area (Å²) in [7, 11) is 0. The molecule has 0 unspecified atom stereocenters. The number of nitrogens with zero attached hydrogens (tertiary/aromatic N) is 3. The van der Waals surface area contributed by atoms with E-state index in [0.29, 0.717) is 29.7 Å². The Bertz CT molecular complexity index is 677. The number of esters is 1. The molecular formula is C15H17F2N3O3S. The van der Waals surface area contributed by atoms with E-state index in [0.717, 1.165) is 0 Å². The van der Waals surface area contributed by atoms with Crippen LogP contribution in [0.3, 0.4) is 0 Å². The SMILES string of the molecule is CCOC(=O)CSc1nnc(-c2ccc(OC(F)F)cc2)n1CC. The number of alkyl halides is 2. The maximum atomic E-state index is 12.2. The first-order valence-corrected chi connectivity index (χ1v) is 8.30. The van der Waals surface area contributed by atoms with Crippen LogP contribution in [0, 0.1) is 0 Å². The van der Waals surface area contributed by atoms with E-state index >= 15 is 0 Å². The zero-order chi connectivity index (χ0) is 17.5. The molecule has 0 fully saturated rings. The van der Waals surface area contributed by atoms with Gasteiger partial charge in [-0.15, -0.1) is 10.2 Å². The third-order valence-corrected chi connectivity index (χ3v) is 3.94. The summed E-state index contributed by atoms with van der Waals surface area (Å²) in [6.45, 7) is 1.74. The van der Waals surface area contributed by atoms with Gasteiger partial charge < -0.3 is 14.0 Å². The monoisotopic (exact) mass is 357 g/mol. The zero-order valence-corrected chi connectivity index (χ0v) is 14.1. The van der Waals surface area contributed by atoms with Crippen LogP contribution in [-0.2, 0) is 16.1 Å². The molecule has 2 rings (SSSR count). The zero-order valence-electron chi connectivity index (χ0n) is 13.2. The van der Waals surface area contributed by atoms with Gasteiger partial charge in [0.25, 0.3) is 0 Å². The average Bonchev–Trinajstić information content (AvgIpc) is 2.96. The Balaban J connectivity index is 2.14. The van der Waals surface area contributed by atoms with E-state index in [4.69, 9.17) is 4.74 Å². The van der Waals surface area contributed by atoms with Crippen LogP contribution in [0.4, 0.5) is 8.78 Å². The highest BCUT2D eigenvalue weighted by molar-refractivity contribution is 7.99. The molecule has 9 heteroatoms. The summed E-state index contributed by atoms with van der Waals surface area (Å²) in [5.74, 6) is 0.497. The average molecular weight is 357 g/mol. The van der Waals surface area contributed by atoms with Gasteiger partial charge in [-0.05, 0) is 38.1 Å². The van der Waals surface area contributed by atoms with Crippen LogP contribution in [0.15, 0.2) is 29.4 Å². The standard InChI is InChI=1S/C15H17F2N3O3S/c1-3-20-13(10-5-7-11(8-6-10)23-14(16)17)18-19-15(20)24-9-12(21)22-4-2/h5-8,14H,3-4,9H2,1-2H3. The highest BCUT2D eigenvalue weighted by Gasteiger charge is 2.15. The van der Waals surface area contributed by atoms with Gasteiger partial charge in [0, 0.05) is 12.1 Å². The van der Waals surface area contributed by atoms with Gasteiger partial charge in [0.05, 0.1) is 12.4 Å². The molecule has 0 saturated carbocycles. The van der Waals surface area contributed by atoms with Gasteiger partial charge in [-0.25, -0.2) is 0 Å². The van der Waals surface area contributed by atoms with Crippen molar-refractivity contribution in [2.45, 2.75) is 32.2 Å². The number of benzene rings is 1. The minimum atomic E-state index is -2.86. The predicted molar refractivity (Wildman–Crippen MR) is 85.1 cm³/mol. The van der Waals surface area contributed by atoms with E-state index in [1.165, 1.54) is 23.9 Å². The molecule has 0 N–H and O–H groups in total. The van der Waals surface area contributed by atoms with Gasteiger partial charge in [0.2, 0.25) is 0 Å². The summed E-state index contributed by atoms with van der Waals surface area (Å²) in [6.07, 6.45) is 0. The fourth-order valence-corrected chi connectivity index (χ4v) is 2.81. The van der Waals surface area contributed by atoms with Crippen LogP contribution in [0.2, 0.25) is 0 Å². The van der Waals surface area contributed by atoms with Crippen molar-refractivity contribution in [1.82, 2.24) is 14.8 Å². The molecule has 1 heterocycles. The van der Waals surface area contributed by atoms with Gasteiger partial charge in [-0.2, -0.15) is 8.78 Å². The molecule has 1 aromatic carbocycles. The maximum Gasteiger partial charge on any atom is 0.387 e. The molecule has 0 aliphatic carbocycles. The van der Waals surface area contributed by atoms with Crippen molar-refractivity contribution < 1.29 is 23.0 Å². The van der Waals surface area contributed by atoms with E-state index in [1.807, 2.05) is 11.5 Å². The first kappa shape index (κ1) is 18.2. The van der Waals surface area contributed by atoms with Crippen LogP contribution in [0.1, 0.15) is 13.8 Å². The van der Waals surface area contributed by atoms with E-state index in [1.54, 1.807) is 19.1 Å². The van der Waals surface area contributed by atoms with E-state index in [2.05, 4.69) is 14.9 Å². The summed E-state index contributed by atoms with van der Waals surface area (Å²) in [4.78, 5) is 11.4. The molecule has 6 nitrogen and oxygen atoms in total. The van der Waals surface area contributed by atoms with Gasteiger partial charge in [0.15, 0.2) is 11.0 Å². The maximum absolute atomic E-state index is 12.2. The van der Waals surface area contributed by atoms with Crippen molar-refractivity contribution in [2.24, 2.45) is 0 Å². The fourth-order valence-electron chi connectivity index (χ4n) is 2.01. The molecule has 0 aliphatic heterocycles. The van der Waals surface area contributed by atoms with Crippen molar-refractivity contribution in [3.63, 3.8) is 0 Å². The molecule has 1 aromatic heterocycles. The Morgan fingerprint density at radius 2 is 1.96 bits per heavy atom. The number of carbonyl (C=O) groups is 1. The third kappa shape index (κ3) is 4.67. The second-order valence-electron chi connectivity index (χ2n) is 4.55. The number of thioether (sulfide) groups is 1. The van der Waals surface area contributed by atoms with Crippen LogP contribution >= 0.6 is 11.8 Å². The molecule has 0 radical (unpaired) electrons. The highest BCUT2D eigenvalue weighted by Crippen LogP contribution is 2.26. The smallest absolute Gasteiger partial charge is 0.387 e. The second-order valence-corrected chi connectivity index (χ2v) is 5.49. The number of rotatable bonds is 8. The van der Waals surface area contributed by atoms with Gasteiger partial charge in [-0.3, -0.25) is 4.79 Å². The van der Waals surface area contributed by atoms with Gasteiger partial charge in [-0.1, -0.05) is 11.8 Å². The Labute approximate surface area is 142 Å². The number of hydrogen-bond acceptors (Lipinski definition) is 6. The lowest BCUT2D eigenvalue weighted by Gasteiger charge is -2.08. The van der Waals surface area contributed by atoms with E-state index < -0.39 is 6.61 Å². The van der Waals surface area contributed by atoms with Crippen LogP contribution < -0.4 is 4.74 Å². The van der Waals surface area contributed by atoms with Crippen LogP contribution in [0.5, 0.6) is 5.75 Å².